The summed E-state index contributed by atoms with van der Waals surface area (Å²) in [7, 11) is 0. The van der Waals surface area contributed by atoms with Gasteiger partial charge in [-0.05, 0) is 44.1 Å². The third-order valence-electron chi connectivity index (χ3n) is 5.30. The Hall–Kier alpha value is -2.08. The summed E-state index contributed by atoms with van der Waals surface area (Å²) in [5.41, 5.74) is 1.97. The van der Waals surface area contributed by atoms with Crippen LogP contribution < -0.4 is 5.32 Å². The van der Waals surface area contributed by atoms with Crippen LogP contribution in [0.5, 0.6) is 0 Å². The molecule has 24 heavy (non-hydrogen) atoms. The predicted octanol–water partition coefficient (Wildman–Crippen LogP) is 1.59. The summed E-state index contributed by atoms with van der Waals surface area (Å²) in [5, 5.41) is 13.3. The minimum atomic E-state index is -0.472. The van der Waals surface area contributed by atoms with E-state index in [0.29, 0.717) is 5.92 Å². The van der Waals surface area contributed by atoms with Gasteiger partial charge in [-0.2, -0.15) is 0 Å². The summed E-state index contributed by atoms with van der Waals surface area (Å²) in [4.78, 5) is 16.6. The van der Waals surface area contributed by atoms with Crippen molar-refractivity contribution in [2.45, 2.75) is 57.3 Å². The summed E-state index contributed by atoms with van der Waals surface area (Å²) in [6, 6.07) is 1.83. The summed E-state index contributed by atoms with van der Waals surface area (Å²) < 4.78 is 4.22. The van der Waals surface area contributed by atoms with E-state index in [9.17, 15) is 9.90 Å². The lowest BCUT2D eigenvalue weighted by Crippen LogP contribution is -2.39. The number of nitrogens with zero attached hydrogens (tertiary/aromatic N) is 3. The Bertz CT molecular complexity index is 683. The summed E-state index contributed by atoms with van der Waals surface area (Å²) in [5.74, 6) is 0.297. The normalized spacial score (nSPS) is 26.3. The van der Waals surface area contributed by atoms with E-state index in [2.05, 4.69) is 14.9 Å². The van der Waals surface area contributed by atoms with Crippen molar-refractivity contribution in [3.05, 3.63) is 42.2 Å². The molecule has 0 saturated heterocycles. The standard InChI is InChI=1S/C18H24N4O2/c23-17-8-13(10-21-6-4-19-12-21)7-16(17)20-18(24)14-9-15-3-1-2-5-22(15)11-14/h4,6,9,11-13,16-17,23H,1-3,5,7-8,10H2,(H,20,24)/t13?,16-,17-/m1/s1. The highest BCUT2D eigenvalue weighted by Crippen LogP contribution is 2.28. The fourth-order valence-electron chi connectivity index (χ4n) is 4.05. The molecule has 0 radical (unpaired) electrons. The van der Waals surface area contributed by atoms with E-state index in [1.54, 1.807) is 12.5 Å². The van der Waals surface area contributed by atoms with Gasteiger partial charge in [0.25, 0.3) is 5.91 Å². The third kappa shape index (κ3) is 3.11. The molecule has 6 nitrogen and oxygen atoms in total. The first kappa shape index (κ1) is 15.4. The van der Waals surface area contributed by atoms with E-state index in [1.807, 2.05) is 23.0 Å². The van der Waals surface area contributed by atoms with E-state index in [-0.39, 0.29) is 11.9 Å². The molecule has 1 saturated carbocycles. The van der Waals surface area contributed by atoms with E-state index in [1.165, 1.54) is 18.5 Å². The highest BCUT2D eigenvalue weighted by molar-refractivity contribution is 5.94. The van der Waals surface area contributed by atoms with Gasteiger partial charge in [0.15, 0.2) is 0 Å². The number of carbonyl (C=O) groups is 1. The van der Waals surface area contributed by atoms with Gasteiger partial charge in [-0.1, -0.05) is 0 Å². The van der Waals surface area contributed by atoms with Crippen molar-refractivity contribution in [2.75, 3.05) is 0 Å². The average molecular weight is 328 g/mol. The first-order valence-corrected chi connectivity index (χ1v) is 8.83. The second kappa shape index (κ2) is 6.43. The number of amides is 1. The molecule has 2 aliphatic rings. The lowest BCUT2D eigenvalue weighted by atomic mass is 10.1. The minimum Gasteiger partial charge on any atom is -0.391 e. The molecule has 0 aromatic carbocycles. The average Bonchev–Trinajstić information content (AvgIpc) is 3.28. The van der Waals surface area contributed by atoms with Gasteiger partial charge in [0, 0.05) is 37.4 Å². The van der Waals surface area contributed by atoms with Crippen molar-refractivity contribution in [3.63, 3.8) is 0 Å². The lowest BCUT2D eigenvalue weighted by Gasteiger charge is -2.16. The zero-order chi connectivity index (χ0) is 16.5. The smallest absolute Gasteiger partial charge is 0.253 e. The monoisotopic (exact) mass is 328 g/mol. The number of aliphatic hydroxyl groups excluding tert-OH is 1. The number of imidazole rings is 1. The molecule has 1 aliphatic heterocycles. The van der Waals surface area contributed by atoms with Crippen LogP contribution >= 0.6 is 0 Å². The number of fused-ring (bicyclic) bond motifs is 1. The van der Waals surface area contributed by atoms with Crippen molar-refractivity contribution in [1.82, 2.24) is 19.4 Å². The summed E-state index contributed by atoms with van der Waals surface area (Å²) in [6.45, 7) is 1.84. The Morgan fingerprint density at radius 3 is 3.08 bits per heavy atom. The molecule has 6 heteroatoms. The largest absolute Gasteiger partial charge is 0.391 e. The zero-order valence-corrected chi connectivity index (χ0v) is 13.8. The molecule has 128 valence electrons. The molecule has 0 bridgehead atoms. The van der Waals surface area contributed by atoms with Crippen LogP contribution in [-0.2, 0) is 19.5 Å². The number of hydrogen-bond donors (Lipinski definition) is 2. The van der Waals surface area contributed by atoms with Crippen molar-refractivity contribution in [3.8, 4) is 0 Å². The highest BCUT2D eigenvalue weighted by atomic mass is 16.3. The van der Waals surface area contributed by atoms with Gasteiger partial charge >= 0.3 is 0 Å². The van der Waals surface area contributed by atoms with Gasteiger partial charge in [0.05, 0.1) is 24.0 Å². The molecule has 1 aliphatic carbocycles. The predicted molar refractivity (Wildman–Crippen MR) is 89.6 cm³/mol. The van der Waals surface area contributed by atoms with Gasteiger partial charge in [-0.25, -0.2) is 4.98 Å². The highest BCUT2D eigenvalue weighted by Gasteiger charge is 2.34. The first-order valence-electron chi connectivity index (χ1n) is 8.83. The maximum absolute atomic E-state index is 12.5. The number of hydrogen-bond acceptors (Lipinski definition) is 3. The fourth-order valence-corrected chi connectivity index (χ4v) is 4.05. The Morgan fingerprint density at radius 2 is 2.29 bits per heavy atom. The zero-order valence-electron chi connectivity index (χ0n) is 13.8. The molecule has 4 rings (SSSR count). The third-order valence-corrected chi connectivity index (χ3v) is 5.30. The molecule has 2 aromatic rings. The minimum absolute atomic E-state index is 0.0655. The van der Waals surface area contributed by atoms with Gasteiger partial charge in [-0.15, -0.1) is 0 Å². The first-order chi connectivity index (χ1) is 11.7. The molecule has 1 unspecified atom stereocenters. The lowest BCUT2D eigenvalue weighted by molar-refractivity contribution is 0.0872. The maximum atomic E-state index is 12.5. The van der Waals surface area contributed by atoms with Gasteiger partial charge in [0.2, 0.25) is 0 Å². The Morgan fingerprint density at radius 1 is 1.38 bits per heavy atom. The van der Waals surface area contributed by atoms with Gasteiger partial charge in [-0.3, -0.25) is 4.79 Å². The molecule has 1 amide bonds. The van der Waals surface area contributed by atoms with Gasteiger partial charge < -0.3 is 19.6 Å². The summed E-state index contributed by atoms with van der Waals surface area (Å²) in [6.07, 6.45) is 11.9. The molecule has 3 atom stereocenters. The number of aryl methyl sites for hydroxylation is 2. The van der Waals surface area contributed by atoms with Crippen LogP contribution in [-0.4, -0.2) is 37.3 Å². The number of nitrogens with one attached hydrogen (secondary N) is 1. The van der Waals surface area contributed by atoms with Crippen molar-refractivity contribution in [2.24, 2.45) is 5.92 Å². The van der Waals surface area contributed by atoms with Crippen molar-refractivity contribution in [1.29, 1.82) is 0 Å². The van der Waals surface area contributed by atoms with Crippen LogP contribution in [0.1, 0.15) is 41.7 Å². The quantitative estimate of drug-likeness (QED) is 0.895. The van der Waals surface area contributed by atoms with Crippen LogP contribution in [0.2, 0.25) is 0 Å². The topological polar surface area (TPSA) is 72.1 Å². The number of carbonyl (C=O) groups excluding carboxylic acids is 1. The Balaban J connectivity index is 1.37. The molecule has 1 fully saturated rings. The van der Waals surface area contributed by atoms with Crippen LogP contribution in [0, 0.1) is 5.92 Å². The van der Waals surface area contributed by atoms with E-state index in [4.69, 9.17) is 0 Å². The van der Waals surface area contributed by atoms with Crippen LogP contribution in [0.4, 0.5) is 0 Å². The van der Waals surface area contributed by atoms with Gasteiger partial charge in [0.1, 0.15) is 0 Å². The SMILES string of the molecule is O=C(N[C@@H]1CC(Cn2ccnc2)C[C@H]1O)c1cc2n(c1)CCCC2. The molecule has 2 N–H and O–H groups in total. The van der Waals surface area contributed by atoms with E-state index in [0.717, 1.165) is 37.9 Å². The Kier molecular flexibility index (Phi) is 4.14. The summed E-state index contributed by atoms with van der Waals surface area (Å²) >= 11 is 0. The molecule has 0 spiro atoms. The van der Waals surface area contributed by atoms with E-state index < -0.39 is 6.10 Å². The molecular weight excluding hydrogens is 304 g/mol. The fraction of sp³-hybridized carbons (Fsp3) is 0.556. The maximum Gasteiger partial charge on any atom is 0.253 e. The Labute approximate surface area is 141 Å². The van der Waals surface area contributed by atoms with E-state index >= 15 is 0 Å². The molecular formula is C18H24N4O2. The number of rotatable bonds is 4. The van der Waals surface area contributed by atoms with Crippen LogP contribution in [0.15, 0.2) is 31.0 Å². The van der Waals surface area contributed by atoms with Crippen LogP contribution in [0.25, 0.3) is 0 Å². The van der Waals surface area contributed by atoms with Crippen LogP contribution in [0.3, 0.4) is 0 Å². The number of aliphatic hydroxyl groups is 1. The number of aromatic nitrogens is 3. The molecule has 3 heterocycles. The van der Waals surface area contributed by atoms with Crippen molar-refractivity contribution >= 4 is 5.91 Å². The molecule has 2 aromatic heterocycles. The second-order valence-corrected chi connectivity index (χ2v) is 7.11. The second-order valence-electron chi connectivity index (χ2n) is 7.11. The van der Waals surface area contributed by atoms with Crippen molar-refractivity contribution < 1.29 is 9.90 Å².